The van der Waals surface area contributed by atoms with E-state index in [0.717, 1.165) is 11.3 Å². The van der Waals surface area contributed by atoms with Gasteiger partial charge >= 0.3 is 0 Å². The Morgan fingerprint density at radius 1 is 1.12 bits per heavy atom. The molecule has 0 aliphatic rings. The standard InChI is InChI=1S/C12H10ClFN2/c1-7-8(2)15-12(16-11(7)13)9-5-3-4-6-10(9)14/h3-6H,1-2H3. The molecule has 0 amide bonds. The van der Waals surface area contributed by atoms with Crippen LogP contribution in [0.2, 0.25) is 5.15 Å². The van der Waals surface area contributed by atoms with E-state index in [9.17, 15) is 4.39 Å². The Labute approximate surface area is 98.1 Å². The Hall–Kier alpha value is -1.48. The third kappa shape index (κ3) is 1.91. The predicted octanol–water partition coefficient (Wildman–Crippen LogP) is 3.55. The molecule has 2 nitrogen and oxygen atoms in total. The van der Waals surface area contributed by atoms with Gasteiger partial charge in [-0.1, -0.05) is 23.7 Å². The Morgan fingerprint density at radius 3 is 2.44 bits per heavy atom. The lowest BCUT2D eigenvalue weighted by molar-refractivity contribution is 0.630. The van der Waals surface area contributed by atoms with Gasteiger partial charge in [-0.05, 0) is 26.0 Å². The molecule has 16 heavy (non-hydrogen) atoms. The van der Waals surface area contributed by atoms with Crippen molar-refractivity contribution in [2.45, 2.75) is 13.8 Å². The van der Waals surface area contributed by atoms with Crippen molar-refractivity contribution in [2.24, 2.45) is 0 Å². The summed E-state index contributed by atoms with van der Waals surface area (Å²) in [5.74, 6) is -0.0204. The summed E-state index contributed by atoms with van der Waals surface area (Å²) in [6, 6.07) is 6.38. The second kappa shape index (κ2) is 4.18. The van der Waals surface area contributed by atoms with Crippen LogP contribution in [0.5, 0.6) is 0 Å². The van der Waals surface area contributed by atoms with Gasteiger partial charge in [0.15, 0.2) is 5.82 Å². The molecule has 2 rings (SSSR count). The molecule has 0 radical (unpaired) electrons. The van der Waals surface area contributed by atoms with E-state index in [-0.39, 0.29) is 5.82 Å². The number of aromatic nitrogens is 2. The minimum Gasteiger partial charge on any atom is -0.233 e. The summed E-state index contributed by atoms with van der Waals surface area (Å²) < 4.78 is 13.5. The fourth-order valence-corrected chi connectivity index (χ4v) is 1.57. The molecule has 0 bridgehead atoms. The highest BCUT2D eigenvalue weighted by molar-refractivity contribution is 6.30. The number of hydrogen-bond donors (Lipinski definition) is 0. The Bertz CT molecular complexity index is 517. The summed E-state index contributed by atoms with van der Waals surface area (Å²) in [5, 5.41) is 0.366. The van der Waals surface area contributed by atoms with Crippen LogP contribution in [0.4, 0.5) is 4.39 Å². The number of rotatable bonds is 1. The van der Waals surface area contributed by atoms with Crippen molar-refractivity contribution in [1.29, 1.82) is 0 Å². The average Bonchev–Trinajstić information content (AvgIpc) is 2.26. The van der Waals surface area contributed by atoms with Gasteiger partial charge in [0.05, 0.1) is 5.56 Å². The van der Waals surface area contributed by atoms with Crippen LogP contribution < -0.4 is 0 Å². The summed E-state index contributed by atoms with van der Waals surface area (Å²) in [5.41, 5.74) is 1.95. The molecular weight excluding hydrogens is 227 g/mol. The lowest BCUT2D eigenvalue weighted by Gasteiger charge is -2.06. The first-order chi connectivity index (χ1) is 7.59. The molecule has 1 heterocycles. The monoisotopic (exact) mass is 236 g/mol. The second-order valence-corrected chi connectivity index (χ2v) is 3.89. The number of aryl methyl sites for hydroxylation is 1. The van der Waals surface area contributed by atoms with Gasteiger partial charge in [0.2, 0.25) is 0 Å². The van der Waals surface area contributed by atoms with Crippen molar-refractivity contribution in [1.82, 2.24) is 9.97 Å². The zero-order chi connectivity index (χ0) is 11.7. The molecule has 0 N–H and O–H groups in total. The van der Waals surface area contributed by atoms with E-state index >= 15 is 0 Å². The molecule has 0 atom stereocenters. The predicted molar refractivity (Wildman–Crippen MR) is 61.9 cm³/mol. The Balaban J connectivity index is 2.62. The van der Waals surface area contributed by atoms with Gasteiger partial charge in [-0.15, -0.1) is 0 Å². The third-order valence-corrected chi connectivity index (χ3v) is 2.81. The van der Waals surface area contributed by atoms with Gasteiger partial charge in [-0.3, -0.25) is 0 Å². The fraction of sp³-hybridized carbons (Fsp3) is 0.167. The zero-order valence-electron chi connectivity index (χ0n) is 8.96. The van der Waals surface area contributed by atoms with Crippen LogP contribution >= 0.6 is 11.6 Å². The van der Waals surface area contributed by atoms with Crippen LogP contribution in [0.15, 0.2) is 24.3 Å². The molecule has 0 spiro atoms. The van der Waals surface area contributed by atoms with Crippen LogP contribution in [0, 0.1) is 19.7 Å². The van der Waals surface area contributed by atoms with Gasteiger partial charge in [-0.25, -0.2) is 14.4 Å². The molecule has 0 unspecified atom stereocenters. The summed E-state index contributed by atoms with van der Waals surface area (Å²) in [4.78, 5) is 8.31. The van der Waals surface area contributed by atoms with E-state index in [1.807, 2.05) is 13.8 Å². The molecule has 82 valence electrons. The van der Waals surface area contributed by atoms with E-state index in [1.165, 1.54) is 6.07 Å². The number of halogens is 2. The van der Waals surface area contributed by atoms with Crippen molar-refractivity contribution < 1.29 is 4.39 Å². The highest BCUT2D eigenvalue weighted by atomic mass is 35.5. The summed E-state index contributed by atoms with van der Waals surface area (Å²) >= 11 is 5.95. The average molecular weight is 237 g/mol. The highest BCUT2D eigenvalue weighted by Crippen LogP contribution is 2.23. The zero-order valence-corrected chi connectivity index (χ0v) is 9.72. The van der Waals surface area contributed by atoms with E-state index in [4.69, 9.17) is 11.6 Å². The van der Waals surface area contributed by atoms with E-state index < -0.39 is 0 Å². The van der Waals surface area contributed by atoms with Crippen LogP contribution in [0.3, 0.4) is 0 Å². The maximum absolute atomic E-state index is 13.5. The van der Waals surface area contributed by atoms with Crippen molar-refractivity contribution in [3.8, 4) is 11.4 Å². The van der Waals surface area contributed by atoms with Crippen molar-refractivity contribution in [3.63, 3.8) is 0 Å². The quantitative estimate of drug-likeness (QED) is 0.708. The molecule has 1 aromatic carbocycles. The molecular formula is C12H10ClFN2. The second-order valence-electron chi connectivity index (χ2n) is 3.53. The molecule has 2 aromatic rings. The Morgan fingerprint density at radius 2 is 1.81 bits per heavy atom. The van der Waals surface area contributed by atoms with Crippen molar-refractivity contribution in [2.75, 3.05) is 0 Å². The largest absolute Gasteiger partial charge is 0.233 e. The topological polar surface area (TPSA) is 25.8 Å². The first-order valence-corrected chi connectivity index (χ1v) is 5.23. The minimum atomic E-state index is -0.346. The molecule has 0 aliphatic carbocycles. The first-order valence-electron chi connectivity index (χ1n) is 4.85. The van der Waals surface area contributed by atoms with Crippen LogP contribution in [-0.4, -0.2) is 9.97 Å². The summed E-state index contributed by atoms with van der Waals surface area (Å²) in [6.07, 6.45) is 0. The van der Waals surface area contributed by atoms with Crippen molar-refractivity contribution >= 4 is 11.6 Å². The lowest BCUT2D eigenvalue weighted by atomic mass is 10.2. The van der Waals surface area contributed by atoms with E-state index in [2.05, 4.69) is 9.97 Å². The molecule has 0 fully saturated rings. The molecule has 0 aliphatic heterocycles. The minimum absolute atomic E-state index is 0.325. The SMILES string of the molecule is Cc1nc(-c2ccccc2F)nc(Cl)c1C. The highest BCUT2D eigenvalue weighted by Gasteiger charge is 2.10. The van der Waals surface area contributed by atoms with Crippen LogP contribution in [-0.2, 0) is 0 Å². The van der Waals surface area contributed by atoms with E-state index in [0.29, 0.717) is 16.5 Å². The van der Waals surface area contributed by atoms with Crippen molar-refractivity contribution in [3.05, 3.63) is 46.5 Å². The maximum Gasteiger partial charge on any atom is 0.164 e. The number of hydrogen-bond acceptors (Lipinski definition) is 2. The fourth-order valence-electron chi connectivity index (χ4n) is 1.36. The number of benzene rings is 1. The summed E-state index contributed by atoms with van der Waals surface area (Å²) in [6.45, 7) is 3.66. The maximum atomic E-state index is 13.5. The molecule has 4 heteroatoms. The van der Waals surface area contributed by atoms with Crippen LogP contribution in [0.1, 0.15) is 11.3 Å². The molecule has 0 saturated heterocycles. The van der Waals surface area contributed by atoms with Gasteiger partial charge in [0.1, 0.15) is 11.0 Å². The normalized spacial score (nSPS) is 10.5. The third-order valence-electron chi connectivity index (χ3n) is 2.44. The lowest BCUT2D eigenvalue weighted by Crippen LogP contribution is -1.97. The van der Waals surface area contributed by atoms with Gasteiger partial charge < -0.3 is 0 Å². The summed E-state index contributed by atoms with van der Waals surface area (Å²) in [7, 11) is 0. The van der Waals surface area contributed by atoms with Crippen LogP contribution in [0.25, 0.3) is 11.4 Å². The van der Waals surface area contributed by atoms with Gasteiger partial charge in [0.25, 0.3) is 0 Å². The molecule has 1 aromatic heterocycles. The first kappa shape index (κ1) is 11.0. The Kier molecular flexibility index (Phi) is 2.88. The van der Waals surface area contributed by atoms with Gasteiger partial charge in [-0.2, -0.15) is 0 Å². The van der Waals surface area contributed by atoms with E-state index in [1.54, 1.807) is 18.2 Å². The number of nitrogens with zero attached hydrogens (tertiary/aromatic N) is 2. The van der Waals surface area contributed by atoms with Gasteiger partial charge in [0, 0.05) is 11.3 Å². The molecule has 0 saturated carbocycles. The smallest absolute Gasteiger partial charge is 0.164 e.